The molecule has 0 atom stereocenters. The van der Waals surface area contributed by atoms with Crippen molar-refractivity contribution in [2.45, 2.75) is 0 Å². The summed E-state index contributed by atoms with van der Waals surface area (Å²) in [5.74, 6) is -0.125. The molecular formula is C15H12ClN5O2. The summed E-state index contributed by atoms with van der Waals surface area (Å²) in [5.41, 5.74) is 1.40. The average molecular weight is 330 g/mol. The van der Waals surface area contributed by atoms with E-state index in [0.29, 0.717) is 10.7 Å². The summed E-state index contributed by atoms with van der Waals surface area (Å²) in [7, 11) is 1.75. The smallest absolute Gasteiger partial charge is 0.322 e. The molecule has 3 aromatic rings. The number of rotatable bonds is 4. The number of aromatic nitrogens is 4. The number of halogens is 1. The van der Waals surface area contributed by atoms with Gasteiger partial charge in [0.2, 0.25) is 0 Å². The van der Waals surface area contributed by atoms with E-state index in [4.69, 9.17) is 16.0 Å². The molecule has 7 nitrogen and oxygen atoms in total. The molecule has 116 valence electrons. The van der Waals surface area contributed by atoms with Crippen LogP contribution in [0.5, 0.6) is 0 Å². The van der Waals surface area contributed by atoms with Gasteiger partial charge in [-0.1, -0.05) is 34.9 Å². The van der Waals surface area contributed by atoms with Crippen LogP contribution in [0.1, 0.15) is 5.56 Å². The lowest BCUT2D eigenvalue weighted by Gasteiger charge is -1.97. The fraction of sp³-hybridized carbons (Fsp3) is 0.0667. The van der Waals surface area contributed by atoms with Crippen molar-refractivity contribution in [3.63, 3.8) is 0 Å². The van der Waals surface area contributed by atoms with Gasteiger partial charge in [0.25, 0.3) is 11.8 Å². The second-order valence-corrected chi connectivity index (χ2v) is 5.00. The number of aryl methyl sites for hydroxylation is 1. The number of nitrogens with one attached hydrogen (secondary N) is 1. The van der Waals surface area contributed by atoms with Gasteiger partial charge in [0.15, 0.2) is 0 Å². The molecule has 23 heavy (non-hydrogen) atoms. The van der Waals surface area contributed by atoms with Crippen LogP contribution >= 0.6 is 11.6 Å². The molecule has 1 amide bonds. The highest BCUT2D eigenvalue weighted by Crippen LogP contribution is 2.19. The third-order valence-electron chi connectivity index (χ3n) is 3.01. The molecule has 0 aliphatic heterocycles. The summed E-state index contributed by atoms with van der Waals surface area (Å²) in [4.78, 5) is 11.9. The van der Waals surface area contributed by atoms with Gasteiger partial charge in [-0.25, -0.2) is 0 Å². The second kappa shape index (κ2) is 6.45. The van der Waals surface area contributed by atoms with Crippen molar-refractivity contribution < 1.29 is 9.21 Å². The van der Waals surface area contributed by atoms with Crippen LogP contribution in [0.25, 0.3) is 17.7 Å². The Morgan fingerprint density at radius 1 is 1.30 bits per heavy atom. The lowest BCUT2D eigenvalue weighted by molar-refractivity contribution is -0.112. The summed E-state index contributed by atoms with van der Waals surface area (Å²) in [6.07, 6.45) is 4.56. The first-order valence-electron chi connectivity index (χ1n) is 6.69. The molecule has 0 saturated heterocycles. The third-order valence-corrected chi connectivity index (χ3v) is 3.36. The summed E-state index contributed by atoms with van der Waals surface area (Å²) in [6.45, 7) is 0. The number of hydrogen-bond acceptors (Lipinski definition) is 5. The predicted octanol–water partition coefficient (Wildman–Crippen LogP) is 2.78. The van der Waals surface area contributed by atoms with Crippen LogP contribution in [-0.4, -0.2) is 25.9 Å². The first kappa shape index (κ1) is 15.0. The Balaban J connectivity index is 1.68. The number of amides is 1. The molecule has 0 spiro atoms. The summed E-state index contributed by atoms with van der Waals surface area (Å²) >= 11 is 6.01. The Morgan fingerprint density at radius 2 is 2.13 bits per heavy atom. The Hall–Kier alpha value is -2.93. The normalized spacial score (nSPS) is 11.0. The van der Waals surface area contributed by atoms with Crippen LogP contribution in [0.15, 0.2) is 47.0 Å². The van der Waals surface area contributed by atoms with Crippen LogP contribution in [0.4, 0.5) is 6.01 Å². The molecule has 3 rings (SSSR count). The number of carbonyl (C=O) groups excluding carboxylic acids is 1. The Morgan fingerprint density at radius 3 is 2.87 bits per heavy atom. The largest absolute Gasteiger partial charge is 0.401 e. The van der Waals surface area contributed by atoms with Crippen molar-refractivity contribution in [3.05, 3.63) is 53.2 Å². The highest BCUT2D eigenvalue weighted by Gasteiger charge is 2.12. The van der Waals surface area contributed by atoms with Crippen LogP contribution in [-0.2, 0) is 11.8 Å². The fourth-order valence-electron chi connectivity index (χ4n) is 1.88. The maximum atomic E-state index is 11.9. The van der Waals surface area contributed by atoms with Gasteiger partial charge in [0.05, 0.1) is 0 Å². The van der Waals surface area contributed by atoms with Gasteiger partial charge >= 0.3 is 6.01 Å². The molecule has 2 heterocycles. The lowest BCUT2D eigenvalue weighted by atomic mass is 10.2. The molecule has 0 fully saturated rings. The van der Waals surface area contributed by atoms with Crippen molar-refractivity contribution in [2.24, 2.45) is 7.05 Å². The zero-order valence-electron chi connectivity index (χ0n) is 12.1. The van der Waals surface area contributed by atoms with E-state index in [0.717, 1.165) is 5.56 Å². The van der Waals surface area contributed by atoms with Crippen LogP contribution in [0, 0.1) is 0 Å². The highest BCUT2D eigenvalue weighted by molar-refractivity contribution is 6.32. The molecular weight excluding hydrogens is 318 g/mol. The molecule has 0 bridgehead atoms. The molecule has 0 aliphatic rings. The SMILES string of the molecule is Cn1nccc1-c1nnc(NC(=O)/C=C/c2ccccc2Cl)o1. The molecule has 2 aromatic heterocycles. The van der Waals surface area contributed by atoms with Gasteiger partial charge in [-0.2, -0.15) is 5.10 Å². The number of carbonyl (C=O) groups is 1. The van der Waals surface area contributed by atoms with Gasteiger partial charge in [0, 0.05) is 24.3 Å². The van der Waals surface area contributed by atoms with Crippen LogP contribution in [0.2, 0.25) is 5.02 Å². The quantitative estimate of drug-likeness (QED) is 0.744. The molecule has 1 aromatic carbocycles. The van der Waals surface area contributed by atoms with E-state index in [9.17, 15) is 4.79 Å². The van der Waals surface area contributed by atoms with Gasteiger partial charge in [-0.15, -0.1) is 5.10 Å². The van der Waals surface area contributed by atoms with E-state index in [1.807, 2.05) is 12.1 Å². The zero-order chi connectivity index (χ0) is 16.2. The van der Waals surface area contributed by atoms with E-state index in [1.165, 1.54) is 6.08 Å². The Labute approximate surface area is 136 Å². The average Bonchev–Trinajstić information content (AvgIpc) is 3.15. The number of anilines is 1. The number of benzene rings is 1. The molecule has 0 radical (unpaired) electrons. The van der Waals surface area contributed by atoms with E-state index in [2.05, 4.69) is 20.6 Å². The van der Waals surface area contributed by atoms with Crippen LogP contribution in [0.3, 0.4) is 0 Å². The molecule has 0 aliphatic carbocycles. The highest BCUT2D eigenvalue weighted by atomic mass is 35.5. The van der Waals surface area contributed by atoms with Gasteiger partial charge in [0.1, 0.15) is 5.69 Å². The lowest BCUT2D eigenvalue weighted by Crippen LogP contribution is -2.07. The standard InChI is InChI=1S/C15H12ClN5O2/c1-21-12(8-9-17-21)14-19-20-15(23-14)18-13(22)7-6-10-4-2-3-5-11(10)16/h2-9H,1H3,(H,18,20,22)/b7-6+. The van der Waals surface area contributed by atoms with Gasteiger partial charge in [-0.3, -0.25) is 14.8 Å². The number of nitrogens with zero attached hydrogens (tertiary/aromatic N) is 4. The summed E-state index contributed by atoms with van der Waals surface area (Å²) < 4.78 is 6.97. The first-order valence-corrected chi connectivity index (χ1v) is 7.07. The Kier molecular flexibility index (Phi) is 4.20. The number of hydrogen-bond donors (Lipinski definition) is 1. The minimum atomic E-state index is -0.398. The fourth-order valence-corrected chi connectivity index (χ4v) is 2.08. The minimum absolute atomic E-state index is 0.00927. The Bertz CT molecular complexity index is 868. The molecule has 0 unspecified atom stereocenters. The van der Waals surface area contributed by atoms with Crippen molar-refractivity contribution in [3.8, 4) is 11.6 Å². The minimum Gasteiger partial charge on any atom is -0.401 e. The third kappa shape index (κ3) is 3.46. The second-order valence-electron chi connectivity index (χ2n) is 4.60. The van der Waals surface area contributed by atoms with Crippen molar-refractivity contribution in [2.75, 3.05) is 5.32 Å². The van der Waals surface area contributed by atoms with E-state index in [-0.39, 0.29) is 11.9 Å². The maximum Gasteiger partial charge on any atom is 0.322 e. The van der Waals surface area contributed by atoms with Crippen molar-refractivity contribution >= 4 is 29.6 Å². The van der Waals surface area contributed by atoms with E-state index in [1.54, 1.807) is 42.2 Å². The maximum absolute atomic E-state index is 11.9. The predicted molar refractivity (Wildman–Crippen MR) is 85.6 cm³/mol. The van der Waals surface area contributed by atoms with Crippen LogP contribution < -0.4 is 5.32 Å². The molecule has 0 saturated carbocycles. The summed E-state index contributed by atoms with van der Waals surface area (Å²) in [5, 5.41) is 14.7. The monoisotopic (exact) mass is 329 g/mol. The first-order chi connectivity index (χ1) is 11.1. The van der Waals surface area contributed by atoms with Gasteiger partial charge in [-0.05, 0) is 23.8 Å². The molecule has 8 heteroatoms. The van der Waals surface area contributed by atoms with E-state index < -0.39 is 5.91 Å². The van der Waals surface area contributed by atoms with Crippen molar-refractivity contribution in [1.29, 1.82) is 0 Å². The van der Waals surface area contributed by atoms with Gasteiger partial charge < -0.3 is 4.42 Å². The zero-order valence-corrected chi connectivity index (χ0v) is 12.9. The molecule has 1 N–H and O–H groups in total. The van der Waals surface area contributed by atoms with Crippen molar-refractivity contribution in [1.82, 2.24) is 20.0 Å². The topological polar surface area (TPSA) is 85.8 Å². The van der Waals surface area contributed by atoms with E-state index >= 15 is 0 Å². The summed E-state index contributed by atoms with van der Waals surface area (Å²) in [6, 6.07) is 8.95.